The molecule has 34 heteroatoms. The third-order valence-corrected chi connectivity index (χ3v) is 11.3. The number of ketones is 12. The molecule has 0 aromatic heterocycles. The summed E-state index contributed by atoms with van der Waals surface area (Å²) in [7, 11) is 1.28. The van der Waals surface area contributed by atoms with Crippen molar-refractivity contribution in [2.24, 2.45) is 5.73 Å². The molecule has 98 heavy (non-hydrogen) atoms. The molecule has 13 N–H and O–H groups in total. The van der Waals surface area contributed by atoms with Gasteiger partial charge >= 0.3 is 46.5 Å². The minimum absolute atomic E-state index is 0. The average molecular weight is 1730 g/mol. The van der Waals surface area contributed by atoms with Gasteiger partial charge in [-0.15, -0.1) is 0 Å². The largest absolute Gasteiger partial charge is 1.00 e. The fourth-order valence-corrected chi connectivity index (χ4v) is 6.40. The zero-order valence-corrected chi connectivity index (χ0v) is 72.1. The molecule has 0 saturated heterocycles. The third-order valence-electron chi connectivity index (χ3n) is 10.7. The quantitative estimate of drug-likeness (QED) is 0.00878. The normalized spacial score (nSPS) is 10.6. The zero-order chi connectivity index (χ0) is 73.7. The summed E-state index contributed by atoms with van der Waals surface area (Å²) in [6.45, 7) is 18.8. The van der Waals surface area contributed by atoms with Crippen LogP contribution in [0, 0.1) is 57.3 Å². The number of ether oxygens (including phenoxy) is 1. The van der Waals surface area contributed by atoms with Gasteiger partial charge in [0.1, 0.15) is 40.7 Å². The summed E-state index contributed by atoms with van der Waals surface area (Å²) in [5.74, 6) is 3.53. The van der Waals surface area contributed by atoms with Gasteiger partial charge in [-0.25, -0.2) is 6.42 Å². The van der Waals surface area contributed by atoms with Crippen LogP contribution in [0.5, 0.6) is 0 Å². The van der Waals surface area contributed by atoms with E-state index in [-0.39, 0.29) is 228 Å². The molecule has 0 aliphatic carbocycles. The number of aliphatic carboxylic acids is 1. The van der Waals surface area contributed by atoms with Crippen LogP contribution >= 0.6 is 48.3 Å². The van der Waals surface area contributed by atoms with Crippen LogP contribution in [-0.2, 0) is 146 Å². The van der Waals surface area contributed by atoms with Crippen molar-refractivity contribution in [3.05, 3.63) is 26.7 Å². The van der Waals surface area contributed by atoms with Gasteiger partial charge in [-0.05, 0) is 158 Å². The van der Waals surface area contributed by atoms with Crippen LogP contribution in [0.3, 0.4) is 0 Å². The van der Waals surface area contributed by atoms with Crippen molar-refractivity contribution in [1.29, 1.82) is 0 Å². The molecular weight excluding hydrogens is 1630 g/mol. The zero-order valence-electron chi connectivity index (χ0n) is 59.7. The average Bonchev–Trinajstić information content (AvgIpc) is 0.952. The summed E-state index contributed by atoms with van der Waals surface area (Å²) in [6.07, 6.45) is 29.5. The molecule has 0 bridgehead atoms. The fourth-order valence-electron chi connectivity index (χ4n) is 5.56. The maximum Gasteiger partial charge on any atom is 0 e. The number of carbonyl (C=O) groups excluding carboxylic acids is 13. The van der Waals surface area contributed by atoms with E-state index in [1.807, 2.05) is 11.8 Å². The number of hydrogen-bond donors (Lipinski definition) is 8. The first-order valence-electron chi connectivity index (χ1n) is 28.1. The van der Waals surface area contributed by atoms with Crippen molar-refractivity contribution in [1.82, 2.24) is 26.6 Å². The molecule has 0 amide bonds. The number of halogens is 2. The molecule has 0 heterocycles. The van der Waals surface area contributed by atoms with E-state index in [2.05, 4.69) is 76.9 Å². The van der Waals surface area contributed by atoms with E-state index in [4.69, 9.17) is 66.1 Å². The number of quaternary nitrogens is 1. The minimum Gasteiger partial charge on any atom is -1.00 e. The number of carboxylic acid groups (broad SMARTS) is 1. The van der Waals surface area contributed by atoms with Gasteiger partial charge in [0, 0.05) is 133 Å². The van der Waals surface area contributed by atoms with E-state index in [1.54, 1.807) is 12.8 Å². The number of carboxylic acids is 1. The maximum atomic E-state index is 11.6. The van der Waals surface area contributed by atoms with E-state index >= 15 is 0 Å². The predicted octanol–water partition coefficient (Wildman–Crippen LogP) is 1.54. The first-order chi connectivity index (χ1) is 41.9. The Kier molecular flexibility index (Phi) is 122. The maximum absolute atomic E-state index is 11.6. The first kappa shape index (κ1) is 134. The van der Waals surface area contributed by atoms with Gasteiger partial charge < -0.3 is 129 Å². The van der Waals surface area contributed by atoms with E-state index in [0.717, 1.165) is 0 Å². The molecule has 0 aliphatic heterocycles. The smallest absolute Gasteiger partial charge is 0 e. The van der Waals surface area contributed by atoms with Crippen molar-refractivity contribution < 1.29 is 175 Å². The van der Waals surface area contributed by atoms with E-state index in [0.29, 0.717) is 51.4 Å². The Hall–Kier alpha value is -3.91. The molecule has 0 aromatic carbocycles. The summed E-state index contributed by atoms with van der Waals surface area (Å²) < 4.78 is 4.59. The van der Waals surface area contributed by atoms with Gasteiger partial charge in [0.05, 0.1) is 43.4 Å². The number of rotatable bonds is 33. The topological polar surface area (TPSA) is 414 Å². The van der Waals surface area contributed by atoms with Crippen molar-refractivity contribution in [2.45, 2.75) is 237 Å². The van der Waals surface area contributed by atoms with Gasteiger partial charge in [0.2, 0.25) is 0 Å². The number of methoxy groups -OCH3 is 1. The number of esters is 1. The van der Waals surface area contributed by atoms with Crippen molar-refractivity contribution in [3.8, 4) is 30.6 Å². The molecule has 7 unspecified atom stereocenters. The van der Waals surface area contributed by atoms with E-state index in [9.17, 15) is 67.1 Å². The Morgan fingerprint density at radius 3 is 0.908 bits per heavy atom. The second kappa shape index (κ2) is 89.2. The Morgan fingerprint density at radius 1 is 0.510 bits per heavy atom. The Balaban J connectivity index is -0.0000000592. The molecule has 5 radical (unpaired) electrons. The molecule has 0 aromatic rings. The summed E-state index contributed by atoms with van der Waals surface area (Å²) in [6, 6.07) is -3.67. The van der Waals surface area contributed by atoms with Crippen LogP contribution in [0.1, 0.15) is 180 Å². The number of Topliss-reactive ketones (excluding diaryl/α,β-unsaturated/α-hetero) is 12. The summed E-state index contributed by atoms with van der Waals surface area (Å²) in [4.78, 5) is 161. The van der Waals surface area contributed by atoms with Crippen LogP contribution in [0.15, 0.2) is 0 Å². The van der Waals surface area contributed by atoms with Crippen LogP contribution in [0.2, 0.25) is 14.8 Å². The second-order valence-electron chi connectivity index (χ2n) is 20.3. The van der Waals surface area contributed by atoms with Crippen LogP contribution in [0.4, 0.5) is 0 Å². The Morgan fingerprint density at radius 2 is 0.724 bits per heavy atom. The molecule has 7 atom stereocenters. The minimum atomic E-state index is -1.00. The Labute approximate surface area is 666 Å². The molecule has 0 rings (SSSR count). The van der Waals surface area contributed by atoms with Crippen LogP contribution in [0.25, 0.3) is 0 Å². The number of nitrogens with two attached hydrogens (primary N) is 1. The van der Waals surface area contributed by atoms with Crippen molar-refractivity contribution in [2.75, 3.05) is 7.11 Å². The van der Waals surface area contributed by atoms with E-state index in [1.165, 1.54) is 90.2 Å². The SMILES string of the molecule is CC(=O)CCC(N)C(C)=O.CC(=O)CCC(NC(=S)Cl)C(C)=O.CC(=O)CCC(NC(=S)NC(CCC(=O)O)C(C)=O)C(C)=O.CC(=O)CCC([NH3+])C(C)=O.COC(=O)CCC(NC(=S)NC(CCC(C)=O)C(C)=O)C(C)=O.O.[C-]#C.[C-]#CC.[C-]#CC#C.[CH3-].[CH3][Sn]([CH3])[CH3].[Cl-].[V].[V].[V].[V]. The molecular formula is C64H104Cl2N7O17S3SnV4-4. The third kappa shape index (κ3) is 113. The predicted molar refractivity (Wildman–Crippen MR) is 376 cm³/mol. The van der Waals surface area contributed by atoms with E-state index < -0.39 is 67.9 Å². The van der Waals surface area contributed by atoms with Crippen LogP contribution in [-0.4, -0.2) is 176 Å². The molecule has 0 spiro atoms. The summed E-state index contributed by atoms with van der Waals surface area (Å²) in [5, 5.41) is 22.6. The van der Waals surface area contributed by atoms with Gasteiger partial charge in [-0.1, -0.05) is 11.6 Å². The van der Waals surface area contributed by atoms with Crippen molar-refractivity contribution in [3.63, 3.8) is 0 Å². The fraction of sp³-hybridized carbons (Fsp3) is 0.594. The molecule has 557 valence electrons. The van der Waals surface area contributed by atoms with Gasteiger partial charge in [-0.2, -0.15) is 0 Å². The first-order valence-corrected chi connectivity index (χ1v) is 38.3. The van der Waals surface area contributed by atoms with Gasteiger partial charge in [0.25, 0.3) is 0 Å². The molecule has 0 fully saturated rings. The monoisotopic (exact) mass is 1730 g/mol. The van der Waals surface area contributed by atoms with Gasteiger partial charge in [-0.3, -0.25) is 55.0 Å². The number of thiocarbonyl (C=S) groups is 3. The number of nitrogens with one attached hydrogen (secondary N) is 5. The van der Waals surface area contributed by atoms with Crippen LogP contribution < -0.4 is 50.5 Å². The number of carbonyl (C=O) groups is 14. The summed E-state index contributed by atoms with van der Waals surface area (Å²) >= 11 is 19.6. The molecule has 24 nitrogen and oxygen atoms in total. The second-order valence-corrected chi connectivity index (χ2v) is 30.7. The molecule has 0 saturated carbocycles. The van der Waals surface area contributed by atoms with Crippen molar-refractivity contribution >= 4 is 164 Å². The summed E-state index contributed by atoms with van der Waals surface area (Å²) in [5.41, 5.74) is 8.97. The molecule has 0 aliphatic rings. The number of hydrogen-bond acceptors (Lipinski definition) is 19. The standard InChI is InChI=1S/C15H24N2O5S.C14H22N2O5S.C8H12ClNO2S.2C7H13NO2.C4H.C3H3.C2H.4CH3.ClH.H2O.Sn.4V/c1-9(18)5-6-12(10(2)19)16-15(23)17-13(11(3)20)7-8-14(21)22-4;1-8(17)4-5-11(9(2)18)15-14(22)16-12(10(3)19)6-7-13(20)21;1-5(11)3-4-7(6(2)12)10-8(9)13;2*1-5(9)3-4-7(8)6(2)10;1-3-4-2;1-3-2;1-2;;;;;;;;;;;/h12-13H,5-8H2,1-4H3,(H2,16,17,23);11-12H,4-7H2,1-3H3,(H,20,21)(H2,15,16,22);7H,3-4H2,1-2H3,(H,10,13);2*7H,3-4,8H2,1-2H3;1H;1H3;1H;4*1H3;1H;1H2;;;;;/q;;;;;3*-1;;;;-1;;;;;;;. The van der Waals surface area contributed by atoms with Gasteiger partial charge in [0.15, 0.2) is 49.4 Å². The number of terminal acetylenes is 2. The Bertz CT molecular complexity index is 2430.